The Hall–Kier alpha value is -2.47. The minimum Gasteiger partial charge on any atom is -0.491 e. The van der Waals surface area contributed by atoms with Gasteiger partial charge in [-0.3, -0.25) is 4.79 Å². The Kier molecular flexibility index (Phi) is 6.89. The number of rotatable bonds is 8. The van der Waals surface area contributed by atoms with Crippen LogP contribution in [0, 0.1) is 17.6 Å². The molecule has 25 heavy (non-hydrogen) atoms. The van der Waals surface area contributed by atoms with Gasteiger partial charge in [0.05, 0.1) is 0 Å². The Morgan fingerprint density at radius 2 is 1.88 bits per heavy atom. The van der Waals surface area contributed by atoms with E-state index in [9.17, 15) is 18.7 Å². The average Bonchev–Trinajstić information content (AvgIpc) is 2.59. The number of hydrogen-bond acceptors (Lipinski definition) is 3. The Morgan fingerprint density at radius 3 is 2.56 bits per heavy atom. The Morgan fingerprint density at radius 1 is 1.16 bits per heavy atom. The number of halogens is 2. The quantitative estimate of drug-likeness (QED) is 0.770. The van der Waals surface area contributed by atoms with Gasteiger partial charge in [-0.1, -0.05) is 19.1 Å². The van der Waals surface area contributed by atoms with E-state index in [0.29, 0.717) is 12.2 Å². The summed E-state index contributed by atoms with van der Waals surface area (Å²) in [5.41, 5.74) is 0.739. The van der Waals surface area contributed by atoms with Crippen LogP contribution < -0.4 is 10.1 Å². The average molecular weight is 349 g/mol. The topological polar surface area (TPSA) is 58.6 Å². The van der Waals surface area contributed by atoms with E-state index in [4.69, 9.17) is 4.74 Å². The van der Waals surface area contributed by atoms with Crippen LogP contribution in [0.1, 0.15) is 12.5 Å². The van der Waals surface area contributed by atoms with Crippen molar-refractivity contribution in [2.45, 2.75) is 19.4 Å². The van der Waals surface area contributed by atoms with Gasteiger partial charge in [-0.15, -0.1) is 0 Å². The lowest BCUT2D eigenvalue weighted by Crippen LogP contribution is -2.38. The Labute approximate surface area is 145 Å². The molecule has 134 valence electrons. The van der Waals surface area contributed by atoms with Gasteiger partial charge in [0.1, 0.15) is 30.1 Å². The van der Waals surface area contributed by atoms with E-state index < -0.39 is 6.10 Å². The van der Waals surface area contributed by atoms with E-state index in [-0.39, 0.29) is 36.6 Å². The molecule has 2 aromatic carbocycles. The smallest absolute Gasteiger partial charge is 0.223 e. The zero-order valence-electron chi connectivity index (χ0n) is 13.9. The lowest BCUT2D eigenvalue weighted by molar-refractivity contribution is -0.125. The Bertz CT molecular complexity index is 691. The number of nitrogens with one attached hydrogen (secondary N) is 1. The summed E-state index contributed by atoms with van der Waals surface area (Å²) in [6.45, 7) is 1.75. The molecule has 2 aromatic rings. The molecule has 2 N–H and O–H groups in total. The Balaban J connectivity index is 1.71. The molecule has 2 rings (SSSR count). The fourth-order valence-electron chi connectivity index (χ4n) is 2.28. The zero-order chi connectivity index (χ0) is 18.2. The highest BCUT2D eigenvalue weighted by atomic mass is 19.1. The molecule has 0 saturated heterocycles. The molecule has 0 saturated carbocycles. The second-order valence-electron chi connectivity index (χ2n) is 5.90. The van der Waals surface area contributed by atoms with Crippen molar-refractivity contribution in [3.8, 4) is 5.75 Å². The highest BCUT2D eigenvalue weighted by Crippen LogP contribution is 2.12. The van der Waals surface area contributed by atoms with Crippen LogP contribution in [-0.4, -0.2) is 30.3 Å². The molecule has 0 heterocycles. The van der Waals surface area contributed by atoms with Crippen LogP contribution in [0.25, 0.3) is 0 Å². The summed E-state index contributed by atoms with van der Waals surface area (Å²) >= 11 is 0. The molecular formula is C19H21F2NO3. The maximum Gasteiger partial charge on any atom is 0.223 e. The van der Waals surface area contributed by atoms with Crippen molar-refractivity contribution in [3.63, 3.8) is 0 Å². The number of ether oxygens (including phenoxy) is 1. The summed E-state index contributed by atoms with van der Waals surface area (Å²) in [5.74, 6) is -0.853. The fourth-order valence-corrected chi connectivity index (χ4v) is 2.28. The monoisotopic (exact) mass is 349 g/mol. The first-order valence-electron chi connectivity index (χ1n) is 8.02. The van der Waals surface area contributed by atoms with Crippen molar-refractivity contribution in [2.24, 2.45) is 5.92 Å². The molecule has 2 atom stereocenters. The van der Waals surface area contributed by atoms with Crippen molar-refractivity contribution in [2.75, 3.05) is 13.2 Å². The largest absolute Gasteiger partial charge is 0.491 e. The van der Waals surface area contributed by atoms with Crippen molar-refractivity contribution in [1.29, 1.82) is 0 Å². The summed E-state index contributed by atoms with van der Waals surface area (Å²) in [5, 5.41) is 12.5. The number of carbonyl (C=O) groups excluding carboxylic acids is 1. The van der Waals surface area contributed by atoms with Gasteiger partial charge in [0, 0.05) is 12.5 Å². The van der Waals surface area contributed by atoms with Crippen LogP contribution in [0.4, 0.5) is 8.78 Å². The molecule has 0 aromatic heterocycles. The van der Waals surface area contributed by atoms with E-state index in [1.807, 2.05) is 0 Å². The van der Waals surface area contributed by atoms with Gasteiger partial charge in [0.15, 0.2) is 0 Å². The molecule has 0 bridgehead atoms. The van der Waals surface area contributed by atoms with Gasteiger partial charge >= 0.3 is 0 Å². The number of carbonyl (C=O) groups is 1. The van der Waals surface area contributed by atoms with E-state index >= 15 is 0 Å². The lowest BCUT2D eigenvalue weighted by atomic mass is 10.0. The molecular weight excluding hydrogens is 328 g/mol. The molecule has 6 heteroatoms. The second kappa shape index (κ2) is 9.13. The number of benzene rings is 2. The summed E-state index contributed by atoms with van der Waals surface area (Å²) in [6, 6.07) is 11.6. The summed E-state index contributed by atoms with van der Waals surface area (Å²) in [7, 11) is 0. The molecule has 0 radical (unpaired) electrons. The third-order valence-electron chi connectivity index (χ3n) is 3.65. The van der Waals surface area contributed by atoms with Crippen LogP contribution >= 0.6 is 0 Å². The molecule has 0 aliphatic heterocycles. The third-order valence-corrected chi connectivity index (χ3v) is 3.65. The van der Waals surface area contributed by atoms with Crippen molar-refractivity contribution in [1.82, 2.24) is 5.32 Å². The number of aliphatic hydroxyl groups is 1. The summed E-state index contributed by atoms with van der Waals surface area (Å²) < 4.78 is 31.2. The van der Waals surface area contributed by atoms with Gasteiger partial charge in [-0.05, 0) is 48.4 Å². The summed E-state index contributed by atoms with van der Waals surface area (Å²) in [6.07, 6.45) is -0.485. The predicted molar refractivity (Wildman–Crippen MR) is 90.2 cm³/mol. The van der Waals surface area contributed by atoms with Crippen LogP contribution in [0.3, 0.4) is 0 Å². The third kappa shape index (κ3) is 6.51. The van der Waals surface area contributed by atoms with Gasteiger partial charge in [0.25, 0.3) is 0 Å². The molecule has 1 amide bonds. The predicted octanol–water partition coefficient (Wildman–Crippen LogP) is 2.70. The summed E-state index contributed by atoms with van der Waals surface area (Å²) in [4.78, 5) is 12.1. The van der Waals surface area contributed by atoms with Crippen LogP contribution in [0.15, 0.2) is 48.5 Å². The maximum atomic E-state index is 13.2. The van der Waals surface area contributed by atoms with Crippen LogP contribution in [0.5, 0.6) is 5.75 Å². The first kappa shape index (κ1) is 18.9. The van der Waals surface area contributed by atoms with E-state index in [1.165, 1.54) is 36.4 Å². The highest BCUT2D eigenvalue weighted by molar-refractivity contribution is 5.78. The van der Waals surface area contributed by atoms with Crippen molar-refractivity contribution >= 4 is 5.91 Å². The lowest BCUT2D eigenvalue weighted by Gasteiger charge is -2.16. The van der Waals surface area contributed by atoms with Gasteiger partial charge < -0.3 is 15.2 Å². The van der Waals surface area contributed by atoms with E-state index in [1.54, 1.807) is 19.1 Å². The molecule has 0 aliphatic rings. The maximum absolute atomic E-state index is 13.2. The van der Waals surface area contributed by atoms with Gasteiger partial charge in [0.2, 0.25) is 5.91 Å². The second-order valence-corrected chi connectivity index (χ2v) is 5.90. The van der Waals surface area contributed by atoms with Gasteiger partial charge in [-0.2, -0.15) is 0 Å². The van der Waals surface area contributed by atoms with Crippen LogP contribution in [0.2, 0.25) is 0 Å². The standard InChI is InChI=1S/C19H21F2NO3/c1-13(9-14-3-2-4-16(21)10-14)19(24)22-11-17(23)12-25-18-7-5-15(20)6-8-18/h2-8,10,13,17,23H,9,11-12H2,1H3,(H,22,24). The highest BCUT2D eigenvalue weighted by Gasteiger charge is 2.15. The first-order valence-corrected chi connectivity index (χ1v) is 8.02. The zero-order valence-corrected chi connectivity index (χ0v) is 13.9. The number of hydrogen-bond donors (Lipinski definition) is 2. The van der Waals surface area contributed by atoms with E-state index in [0.717, 1.165) is 5.56 Å². The first-order chi connectivity index (χ1) is 11.9. The SMILES string of the molecule is CC(Cc1cccc(F)c1)C(=O)NCC(O)COc1ccc(F)cc1. The van der Waals surface area contributed by atoms with E-state index in [2.05, 4.69) is 5.32 Å². The molecule has 4 nitrogen and oxygen atoms in total. The molecule has 2 unspecified atom stereocenters. The minimum absolute atomic E-state index is 0.0236. The van der Waals surface area contributed by atoms with Crippen molar-refractivity contribution in [3.05, 3.63) is 65.7 Å². The number of aliphatic hydroxyl groups excluding tert-OH is 1. The fraction of sp³-hybridized carbons (Fsp3) is 0.316. The van der Waals surface area contributed by atoms with Gasteiger partial charge in [-0.25, -0.2) is 8.78 Å². The number of amides is 1. The normalized spacial score (nSPS) is 13.1. The van der Waals surface area contributed by atoms with Crippen molar-refractivity contribution < 1.29 is 23.4 Å². The van der Waals surface area contributed by atoms with Crippen LogP contribution in [-0.2, 0) is 11.2 Å². The molecule has 0 fully saturated rings. The minimum atomic E-state index is -0.893. The molecule has 0 aliphatic carbocycles. The molecule has 0 spiro atoms.